The third kappa shape index (κ3) is 4.68. The van der Waals surface area contributed by atoms with Crippen molar-refractivity contribution in [3.05, 3.63) is 52.3 Å². The molecule has 192 valence electrons. The molecular formula is C27H32F3N5O. The lowest BCUT2D eigenvalue weighted by molar-refractivity contribution is -0.137. The summed E-state index contributed by atoms with van der Waals surface area (Å²) >= 11 is 0. The van der Waals surface area contributed by atoms with Crippen LogP contribution in [-0.4, -0.2) is 33.8 Å². The van der Waals surface area contributed by atoms with Crippen molar-refractivity contribution in [2.75, 3.05) is 29.0 Å². The van der Waals surface area contributed by atoms with E-state index in [4.69, 9.17) is 10.7 Å². The summed E-state index contributed by atoms with van der Waals surface area (Å²) in [6.07, 6.45) is -0.109. The first-order chi connectivity index (χ1) is 16.9. The molecule has 1 aromatic heterocycles. The molecule has 1 fully saturated rings. The van der Waals surface area contributed by atoms with Crippen molar-refractivity contribution in [1.29, 1.82) is 0 Å². The zero-order chi connectivity index (χ0) is 25.8. The van der Waals surface area contributed by atoms with E-state index < -0.39 is 23.4 Å². The smallest absolute Gasteiger partial charge is 0.399 e. The van der Waals surface area contributed by atoms with Crippen LogP contribution in [0.25, 0.3) is 10.9 Å². The molecule has 4 N–H and O–H groups in total. The van der Waals surface area contributed by atoms with E-state index in [9.17, 15) is 18.3 Å². The van der Waals surface area contributed by atoms with Crippen LogP contribution in [0.15, 0.2) is 24.3 Å². The number of aromatic nitrogens is 2. The summed E-state index contributed by atoms with van der Waals surface area (Å²) in [5.41, 5.74) is 9.49. The number of nitrogens with zero attached hydrogens (tertiary/aromatic N) is 3. The van der Waals surface area contributed by atoms with Crippen LogP contribution in [0, 0.1) is 6.92 Å². The molecule has 1 unspecified atom stereocenters. The van der Waals surface area contributed by atoms with Crippen LogP contribution in [0.2, 0.25) is 0 Å². The average molecular weight is 500 g/mol. The van der Waals surface area contributed by atoms with Crippen LogP contribution >= 0.6 is 0 Å². The Morgan fingerprint density at radius 2 is 1.78 bits per heavy atom. The van der Waals surface area contributed by atoms with Gasteiger partial charge in [0.05, 0.1) is 22.7 Å². The number of nitrogens with one attached hydrogen (secondary N) is 1. The lowest BCUT2D eigenvalue weighted by atomic mass is 9.92. The Kier molecular flexibility index (Phi) is 6.01. The number of fused-ring (bicyclic) bond motifs is 3. The number of halogens is 3. The summed E-state index contributed by atoms with van der Waals surface area (Å²) in [5.74, 6) is 1.21. The minimum Gasteiger partial charge on any atom is -0.399 e. The summed E-state index contributed by atoms with van der Waals surface area (Å²) in [5, 5.41) is 14.7. The lowest BCUT2D eigenvalue weighted by Gasteiger charge is -2.38. The zero-order valence-corrected chi connectivity index (χ0v) is 20.8. The first-order valence-corrected chi connectivity index (χ1v) is 12.5. The quantitative estimate of drug-likeness (QED) is 0.408. The summed E-state index contributed by atoms with van der Waals surface area (Å²) in [6.45, 7) is 7.05. The van der Waals surface area contributed by atoms with E-state index in [1.165, 1.54) is 11.1 Å². The van der Waals surface area contributed by atoms with Gasteiger partial charge in [-0.1, -0.05) is 0 Å². The highest BCUT2D eigenvalue weighted by Gasteiger charge is 2.32. The Hall–Kier alpha value is -3.07. The number of aliphatic hydroxyl groups is 1. The van der Waals surface area contributed by atoms with Gasteiger partial charge in [0, 0.05) is 29.9 Å². The number of nitrogen functional groups attached to an aromatic ring is 1. The molecule has 9 heteroatoms. The molecule has 2 aliphatic rings. The summed E-state index contributed by atoms with van der Waals surface area (Å²) < 4.78 is 40.1. The molecule has 0 radical (unpaired) electrons. The highest BCUT2D eigenvalue weighted by molar-refractivity contribution is 5.96. The fraction of sp³-hybridized carbons (Fsp3) is 0.481. The highest BCUT2D eigenvalue weighted by Crippen LogP contribution is 2.41. The Balaban J connectivity index is 1.56. The second-order valence-corrected chi connectivity index (χ2v) is 10.5. The SMILES string of the molecule is Cc1nc(NC(C)c2cc(N)cc(C(F)(F)F)c2)c2cc(N3CCC(C)(O)CC3)c3c(c2n1)CCC3. The molecule has 3 aromatic rings. The van der Waals surface area contributed by atoms with E-state index in [1.807, 2.05) is 13.8 Å². The van der Waals surface area contributed by atoms with E-state index in [1.54, 1.807) is 13.0 Å². The fourth-order valence-electron chi connectivity index (χ4n) is 5.46. The van der Waals surface area contributed by atoms with Crippen molar-refractivity contribution < 1.29 is 18.3 Å². The molecule has 6 nitrogen and oxygen atoms in total. The van der Waals surface area contributed by atoms with Gasteiger partial charge >= 0.3 is 6.18 Å². The number of nitrogens with two attached hydrogens (primary N) is 1. The number of anilines is 3. The molecule has 1 aliphatic carbocycles. The van der Waals surface area contributed by atoms with E-state index in [0.29, 0.717) is 30.0 Å². The highest BCUT2D eigenvalue weighted by atomic mass is 19.4. The first-order valence-electron chi connectivity index (χ1n) is 12.5. The molecule has 0 saturated carbocycles. The maximum absolute atomic E-state index is 13.4. The van der Waals surface area contributed by atoms with Crippen molar-refractivity contribution in [2.24, 2.45) is 0 Å². The van der Waals surface area contributed by atoms with Crippen LogP contribution in [0.1, 0.15) is 67.2 Å². The average Bonchev–Trinajstić information content (AvgIpc) is 3.28. The van der Waals surface area contributed by atoms with Gasteiger partial charge in [0.1, 0.15) is 11.6 Å². The van der Waals surface area contributed by atoms with Gasteiger partial charge in [-0.2, -0.15) is 13.2 Å². The molecule has 36 heavy (non-hydrogen) atoms. The van der Waals surface area contributed by atoms with Crippen molar-refractivity contribution in [2.45, 2.75) is 70.7 Å². The van der Waals surface area contributed by atoms with Crippen molar-refractivity contribution in [1.82, 2.24) is 9.97 Å². The van der Waals surface area contributed by atoms with Gasteiger partial charge in [-0.15, -0.1) is 0 Å². The first kappa shape index (κ1) is 24.6. The fourth-order valence-corrected chi connectivity index (χ4v) is 5.46. The molecule has 2 heterocycles. The predicted octanol–water partition coefficient (Wildman–Crippen LogP) is 5.55. The topological polar surface area (TPSA) is 87.3 Å². The molecule has 5 rings (SSSR count). The Morgan fingerprint density at radius 1 is 1.08 bits per heavy atom. The minimum atomic E-state index is -4.48. The van der Waals surface area contributed by atoms with E-state index in [2.05, 4.69) is 21.3 Å². The van der Waals surface area contributed by atoms with Gasteiger partial charge in [-0.3, -0.25) is 0 Å². The van der Waals surface area contributed by atoms with Crippen LogP contribution < -0.4 is 16.0 Å². The number of alkyl halides is 3. The van der Waals surface area contributed by atoms with Crippen LogP contribution in [0.4, 0.5) is 30.4 Å². The summed E-state index contributed by atoms with van der Waals surface area (Å²) in [6, 6.07) is 5.30. The van der Waals surface area contributed by atoms with Crippen LogP contribution in [-0.2, 0) is 19.0 Å². The lowest BCUT2D eigenvalue weighted by Crippen LogP contribution is -2.42. The van der Waals surface area contributed by atoms with Gasteiger partial charge in [-0.25, -0.2) is 9.97 Å². The predicted molar refractivity (Wildman–Crippen MR) is 136 cm³/mol. The molecule has 0 spiro atoms. The van der Waals surface area contributed by atoms with E-state index in [-0.39, 0.29) is 5.69 Å². The third-order valence-corrected chi connectivity index (χ3v) is 7.49. The van der Waals surface area contributed by atoms with Gasteiger partial charge in [0.2, 0.25) is 0 Å². The Morgan fingerprint density at radius 3 is 2.47 bits per heavy atom. The van der Waals surface area contributed by atoms with Crippen LogP contribution in [0.5, 0.6) is 0 Å². The number of hydrogen-bond donors (Lipinski definition) is 3. The number of rotatable bonds is 4. The number of hydrogen-bond acceptors (Lipinski definition) is 6. The molecule has 0 bridgehead atoms. The van der Waals surface area contributed by atoms with Gasteiger partial charge in [-0.05, 0) is 93.8 Å². The summed E-state index contributed by atoms with van der Waals surface area (Å²) in [7, 11) is 0. The van der Waals surface area contributed by atoms with Gasteiger partial charge in [0.25, 0.3) is 0 Å². The molecule has 1 aliphatic heterocycles. The number of piperidine rings is 1. The number of aryl methyl sites for hydroxylation is 2. The van der Waals surface area contributed by atoms with Crippen molar-refractivity contribution in [3.63, 3.8) is 0 Å². The second-order valence-electron chi connectivity index (χ2n) is 10.5. The standard InChI is InChI=1S/C27H32F3N5O/c1-15(17-11-18(27(28,29)30)13-19(31)12-17)32-25-22-14-23(35-9-7-26(3,36)8-10-35)20-5-4-6-21(20)24(22)33-16(2)34-25/h11-15,36H,4-10,31H2,1-3H3,(H,32,33,34). The number of benzene rings is 2. The van der Waals surface area contributed by atoms with E-state index in [0.717, 1.165) is 61.1 Å². The van der Waals surface area contributed by atoms with Crippen molar-refractivity contribution >= 4 is 28.1 Å². The maximum Gasteiger partial charge on any atom is 0.416 e. The largest absolute Gasteiger partial charge is 0.416 e. The van der Waals surface area contributed by atoms with E-state index >= 15 is 0 Å². The monoisotopic (exact) mass is 499 g/mol. The third-order valence-electron chi connectivity index (χ3n) is 7.49. The Labute approximate surface area is 208 Å². The van der Waals surface area contributed by atoms with Gasteiger partial charge < -0.3 is 21.1 Å². The second kappa shape index (κ2) is 8.80. The normalized spacial score (nSPS) is 18.4. The minimum absolute atomic E-state index is 0.0679. The molecule has 1 atom stereocenters. The Bertz CT molecular complexity index is 1310. The van der Waals surface area contributed by atoms with Crippen LogP contribution in [0.3, 0.4) is 0 Å². The molecular weight excluding hydrogens is 467 g/mol. The summed E-state index contributed by atoms with van der Waals surface area (Å²) in [4.78, 5) is 11.8. The molecule has 1 saturated heterocycles. The van der Waals surface area contributed by atoms with Crippen molar-refractivity contribution in [3.8, 4) is 0 Å². The molecule has 2 aromatic carbocycles. The molecule has 0 amide bonds. The zero-order valence-electron chi connectivity index (χ0n) is 20.8. The van der Waals surface area contributed by atoms with Gasteiger partial charge in [0.15, 0.2) is 0 Å². The maximum atomic E-state index is 13.4.